The zero-order valence-corrected chi connectivity index (χ0v) is 11.0. The van der Waals surface area contributed by atoms with Crippen molar-refractivity contribution in [2.24, 2.45) is 0 Å². The monoisotopic (exact) mass is 251 g/mol. The Kier molecular flexibility index (Phi) is 4.71. The summed E-state index contributed by atoms with van der Waals surface area (Å²) in [6.45, 7) is 0. The van der Waals surface area contributed by atoms with Crippen molar-refractivity contribution in [3.63, 3.8) is 0 Å². The molecule has 0 heterocycles. The van der Waals surface area contributed by atoms with Crippen LogP contribution < -0.4 is 9.47 Å². The second kappa shape index (κ2) is 6.05. The van der Waals surface area contributed by atoms with Crippen LogP contribution in [0.25, 0.3) is 0 Å². The summed E-state index contributed by atoms with van der Waals surface area (Å²) in [5.41, 5.74) is 1.06. The fourth-order valence-electron chi connectivity index (χ4n) is 1.52. The minimum Gasteiger partial charge on any atom is -0.493 e. The van der Waals surface area contributed by atoms with Crippen LogP contribution in [0.4, 0.5) is 0 Å². The first-order valence-corrected chi connectivity index (χ1v) is 5.43. The van der Waals surface area contributed by atoms with E-state index in [4.69, 9.17) is 9.47 Å². The van der Waals surface area contributed by atoms with Gasteiger partial charge in [0.15, 0.2) is 11.5 Å². The van der Waals surface area contributed by atoms with Gasteiger partial charge in [-0.05, 0) is 17.7 Å². The third-order valence-corrected chi connectivity index (χ3v) is 2.61. The molecule has 18 heavy (non-hydrogen) atoms. The quantitative estimate of drug-likeness (QED) is 0.737. The highest BCUT2D eigenvalue weighted by molar-refractivity contribution is 5.85. The number of nitrogens with zero attached hydrogens (tertiary/aromatic N) is 1. The first-order chi connectivity index (χ1) is 8.53. The first kappa shape index (κ1) is 14.0. The van der Waals surface area contributed by atoms with E-state index in [-0.39, 0.29) is 12.3 Å². The van der Waals surface area contributed by atoms with E-state index in [1.54, 1.807) is 26.2 Å². The standard InChI is InChI=1S/C13H17NO4/c1-14(2)13(16)7-9-5-11(17-3)12(18-4)6-10(9)8-15/h5-6,8H,7H2,1-4H3. The maximum Gasteiger partial charge on any atom is 0.226 e. The summed E-state index contributed by atoms with van der Waals surface area (Å²) in [7, 11) is 6.35. The van der Waals surface area contributed by atoms with Crippen LogP contribution in [0.15, 0.2) is 12.1 Å². The Morgan fingerprint density at radius 3 is 2.22 bits per heavy atom. The van der Waals surface area contributed by atoms with Crippen molar-refractivity contribution in [1.29, 1.82) is 0 Å². The Morgan fingerprint density at radius 2 is 1.78 bits per heavy atom. The van der Waals surface area contributed by atoms with Crippen LogP contribution in [0.1, 0.15) is 15.9 Å². The summed E-state index contributed by atoms with van der Waals surface area (Å²) < 4.78 is 10.3. The highest BCUT2D eigenvalue weighted by Gasteiger charge is 2.14. The van der Waals surface area contributed by atoms with Gasteiger partial charge in [-0.1, -0.05) is 0 Å². The molecule has 0 saturated heterocycles. The number of ether oxygens (including phenoxy) is 2. The fraction of sp³-hybridized carbons (Fsp3) is 0.385. The first-order valence-electron chi connectivity index (χ1n) is 5.43. The maximum absolute atomic E-state index is 11.7. The molecule has 0 fully saturated rings. The van der Waals surface area contributed by atoms with E-state index in [2.05, 4.69) is 0 Å². The van der Waals surface area contributed by atoms with Crippen LogP contribution in [0.5, 0.6) is 11.5 Å². The highest BCUT2D eigenvalue weighted by atomic mass is 16.5. The third kappa shape index (κ3) is 3.00. The van der Waals surface area contributed by atoms with Gasteiger partial charge in [-0.2, -0.15) is 0 Å². The topological polar surface area (TPSA) is 55.8 Å². The molecule has 5 nitrogen and oxygen atoms in total. The Bertz CT molecular complexity index is 455. The van der Waals surface area contributed by atoms with Gasteiger partial charge in [0.1, 0.15) is 6.29 Å². The summed E-state index contributed by atoms with van der Waals surface area (Å²) >= 11 is 0. The lowest BCUT2D eigenvalue weighted by atomic mass is 10.0. The molecule has 5 heteroatoms. The maximum atomic E-state index is 11.7. The van der Waals surface area contributed by atoms with Crippen LogP contribution in [0.2, 0.25) is 0 Å². The number of methoxy groups -OCH3 is 2. The molecule has 0 saturated carbocycles. The smallest absolute Gasteiger partial charge is 0.226 e. The van der Waals surface area contributed by atoms with Crippen molar-refractivity contribution in [2.45, 2.75) is 6.42 Å². The molecule has 1 aromatic rings. The minimum absolute atomic E-state index is 0.0784. The van der Waals surface area contributed by atoms with Gasteiger partial charge in [0, 0.05) is 19.7 Å². The lowest BCUT2D eigenvalue weighted by Gasteiger charge is -2.14. The molecule has 0 spiro atoms. The van der Waals surface area contributed by atoms with E-state index in [0.29, 0.717) is 28.9 Å². The van der Waals surface area contributed by atoms with E-state index in [1.807, 2.05) is 0 Å². The van der Waals surface area contributed by atoms with Crippen LogP contribution in [0, 0.1) is 0 Å². The van der Waals surface area contributed by atoms with E-state index in [0.717, 1.165) is 0 Å². The van der Waals surface area contributed by atoms with Crippen molar-refractivity contribution in [1.82, 2.24) is 4.90 Å². The van der Waals surface area contributed by atoms with Gasteiger partial charge in [0.25, 0.3) is 0 Å². The molecule has 0 aromatic heterocycles. The number of amides is 1. The van der Waals surface area contributed by atoms with Crippen molar-refractivity contribution in [3.8, 4) is 11.5 Å². The Morgan fingerprint density at radius 1 is 1.22 bits per heavy atom. The Hall–Kier alpha value is -2.04. The molecule has 0 N–H and O–H groups in total. The number of carbonyl (C=O) groups is 2. The van der Waals surface area contributed by atoms with Crippen molar-refractivity contribution in [3.05, 3.63) is 23.3 Å². The zero-order chi connectivity index (χ0) is 13.7. The van der Waals surface area contributed by atoms with Crippen LogP contribution >= 0.6 is 0 Å². The van der Waals surface area contributed by atoms with E-state index in [9.17, 15) is 9.59 Å². The van der Waals surface area contributed by atoms with Crippen molar-refractivity contribution < 1.29 is 19.1 Å². The number of benzene rings is 1. The van der Waals surface area contributed by atoms with Gasteiger partial charge >= 0.3 is 0 Å². The van der Waals surface area contributed by atoms with Crippen LogP contribution in [0.3, 0.4) is 0 Å². The summed E-state index contributed by atoms with van der Waals surface area (Å²) in [6, 6.07) is 3.23. The molecule has 0 unspecified atom stereocenters. The summed E-state index contributed by atoms with van der Waals surface area (Å²) in [4.78, 5) is 24.2. The van der Waals surface area contributed by atoms with Gasteiger partial charge in [0.05, 0.1) is 20.6 Å². The molecule has 1 aromatic carbocycles. The minimum atomic E-state index is -0.0784. The van der Waals surface area contributed by atoms with Gasteiger partial charge in [-0.3, -0.25) is 9.59 Å². The van der Waals surface area contributed by atoms with Gasteiger partial charge in [-0.25, -0.2) is 0 Å². The normalized spacial score (nSPS) is 9.78. The molecular formula is C13H17NO4. The number of aldehydes is 1. The number of likely N-dealkylation sites (N-methyl/N-ethyl adjacent to an activating group) is 1. The van der Waals surface area contributed by atoms with Crippen LogP contribution in [-0.2, 0) is 11.2 Å². The van der Waals surface area contributed by atoms with Crippen molar-refractivity contribution >= 4 is 12.2 Å². The SMILES string of the molecule is COc1cc(C=O)c(CC(=O)N(C)C)cc1OC. The Balaban J connectivity index is 3.17. The predicted molar refractivity (Wildman–Crippen MR) is 67.3 cm³/mol. The summed E-state index contributed by atoms with van der Waals surface area (Å²) in [5, 5.41) is 0. The molecule has 1 amide bonds. The molecule has 0 atom stereocenters. The predicted octanol–water partition coefficient (Wildman–Crippen LogP) is 1.15. The van der Waals surface area contributed by atoms with Gasteiger partial charge < -0.3 is 14.4 Å². The van der Waals surface area contributed by atoms with Crippen molar-refractivity contribution in [2.75, 3.05) is 28.3 Å². The number of rotatable bonds is 5. The van der Waals surface area contributed by atoms with E-state index < -0.39 is 0 Å². The fourth-order valence-corrected chi connectivity index (χ4v) is 1.52. The lowest BCUT2D eigenvalue weighted by Crippen LogP contribution is -2.24. The zero-order valence-electron chi connectivity index (χ0n) is 11.0. The van der Waals surface area contributed by atoms with Gasteiger partial charge in [0.2, 0.25) is 5.91 Å². The third-order valence-electron chi connectivity index (χ3n) is 2.61. The molecule has 0 aliphatic carbocycles. The number of hydrogen-bond donors (Lipinski definition) is 0. The molecular weight excluding hydrogens is 234 g/mol. The largest absolute Gasteiger partial charge is 0.493 e. The molecule has 0 radical (unpaired) electrons. The average molecular weight is 251 g/mol. The molecule has 98 valence electrons. The average Bonchev–Trinajstić information content (AvgIpc) is 2.37. The second-order valence-electron chi connectivity index (χ2n) is 3.99. The second-order valence-corrected chi connectivity index (χ2v) is 3.99. The molecule has 0 aliphatic rings. The van der Waals surface area contributed by atoms with Crippen LogP contribution in [-0.4, -0.2) is 45.4 Å². The van der Waals surface area contributed by atoms with Gasteiger partial charge in [-0.15, -0.1) is 0 Å². The highest BCUT2D eigenvalue weighted by Crippen LogP contribution is 2.30. The lowest BCUT2D eigenvalue weighted by molar-refractivity contribution is -0.127. The summed E-state index contributed by atoms with van der Waals surface area (Å²) in [5.74, 6) is 0.899. The summed E-state index contributed by atoms with van der Waals surface area (Å²) in [6.07, 6.45) is 0.863. The number of hydrogen-bond acceptors (Lipinski definition) is 4. The molecule has 0 aliphatic heterocycles. The van der Waals surface area contributed by atoms with E-state index in [1.165, 1.54) is 19.1 Å². The Labute approximate surface area is 106 Å². The molecule has 0 bridgehead atoms. The van der Waals surface area contributed by atoms with E-state index >= 15 is 0 Å². The molecule has 1 rings (SSSR count). The number of carbonyl (C=O) groups excluding carboxylic acids is 2.